The van der Waals surface area contributed by atoms with Crippen molar-refractivity contribution in [2.24, 2.45) is 7.05 Å². The number of nitrogens with one attached hydrogen (secondary N) is 1. The lowest BCUT2D eigenvalue weighted by molar-refractivity contribution is 0.0777. The van der Waals surface area contributed by atoms with Crippen LogP contribution in [0, 0.1) is 0 Å². The molecule has 0 unspecified atom stereocenters. The van der Waals surface area contributed by atoms with Gasteiger partial charge in [-0.1, -0.05) is 31.2 Å². The Kier molecular flexibility index (Phi) is 8.84. The Morgan fingerprint density at radius 1 is 1.18 bits per heavy atom. The van der Waals surface area contributed by atoms with Gasteiger partial charge in [0.15, 0.2) is 5.65 Å². The zero-order valence-corrected chi connectivity index (χ0v) is 24.5. The highest BCUT2D eigenvalue weighted by Gasteiger charge is 2.23. The van der Waals surface area contributed by atoms with Crippen molar-refractivity contribution in [1.29, 1.82) is 0 Å². The van der Waals surface area contributed by atoms with Crippen LogP contribution in [0.2, 0.25) is 30.7 Å². The Morgan fingerprint density at radius 2 is 1.92 bits per heavy atom. The number of aromatic nitrogens is 5. The fraction of sp³-hybridized carbons (Fsp3) is 0.462. The van der Waals surface area contributed by atoms with E-state index in [0.29, 0.717) is 53.0 Å². The largest absolute Gasteiger partial charge is 0.382 e. The Labute approximate surface area is 228 Å². The van der Waals surface area contributed by atoms with Gasteiger partial charge in [-0.2, -0.15) is 5.10 Å². The van der Waals surface area contributed by atoms with Crippen LogP contribution in [-0.4, -0.2) is 78.4 Å². The summed E-state index contributed by atoms with van der Waals surface area (Å²) in [7, 11) is 3.79. The summed E-state index contributed by atoms with van der Waals surface area (Å²) >= 11 is 6.20. The molecule has 0 bridgehead atoms. The summed E-state index contributed by atoms with van der Waals surface area (Å²) in [6.07, 6.45) is 3.42. The van der Waals surface area contributed by atoms with Gasteiger partial charge in [0.25, 0.3) is 5.91 Å². The SMILES string of the molecule is COCC(COC)NC(=O)c1cn(COCC[Si](C)(C)C)c2ncc(-c3nn(C)c4cc(Cl)ccc34)nc12. The van der Waals surface area contributed by atoms with E-state index < -0.39 is 8.07 Å². The zero-order chi connectivity index (χ0) is 27.4. The van der Waals surface area contributed by atoms with Gasteiger partial charge in [-0.05, 0) is 24.2 Å². The molecule has 3 heterocycles. The van der Waals surface area contributed by atoms with E-state index in [-0.39, 0.29) is 18.7 Å². The molecular formula is C26H35ClN6O4Si. The maximum absolute atomic E-state index is 13.4. The average Bonchev–Trinajstić information content (AvgIpc) is 3.38. The molecular weight excluding hydrogens is 524 g/mol. The molecule has 1 N–H and O–H groups in total. The lowest BCUT2D eigenvalue weighted by Gasteiger charge is -2.16. The summed E-state index contributed by atoms with van der Waals surface area (Å²) in [4.78, 5) is 23.0. The minimum atomic E-state index is -1.23. The molecule has 1 aromatic carbocycles. The van der Waals surface area contributed by atoms with Crippen molar-refractivity contribution in [2.75, 3.05) is 34.0 Å². The summed E-state index contributed by atoms with van der Waals surface area (Å²) in [6, 6.07) is 6.32. The van der Waals surface area contributed by atoms with E-state index in [0.717, 1.165) is 16.9 Å². The van der Waals surface area contributed by atoms with Gasteiger partial charge in [0.1, 0.15) is 23.6 Å². The van der Waals surface area contributed by atoms with Crippen molar-refractivity contribution in [1.82, 2.24) is 29.6 Å². The van der Waals surface area contributed by atoms with Crippen LogP contribution in [0.4, 0.5) is 0 Å². The maximum atomic E-state index is 13.4. The quantitative estimate of drug-likeness (QED) is 0.204. The molecule has 38 heavy (non-hydrogen) atoms. The van der Waals surface area contributed by atoms with Crippen LogP contribution in [0.25, 0.3) is 33.5 Å². The number of nitrogens with zero attached hydrogens (tertiary/aromatic N) is 5. The van der Waals surface area contributed by atoms with Crippen molar-refractivity contribution < 1.29 is 19.0 Å². The number of amides is 1. The van der Waals surface area contributed by atoms with Gasteiger partial charge in [0.05, 0.1) is 36.5 Å². The maximum Gasteiger partial charge on any atom is 0.255 e. The number of carbonyl (C=O) groups excluding carboxylic acids is 1. The van der Waals surface area contributed by atoms with Crippen LogP contribution >= 0.6 is 11.6 Å². The molecule has 1 amide bonds. The van der Waals surface area contributed by atoms with E-state index in [4.69, 9.17) is 35.8 Å². The number of methoxy groups -OCH3 is 2. The molecule has 12 heteroatoms. The molecule has 0 aliphatic heterocycles. The lowest BCUT2D eigenvalue weighted by Crippen LogP contribution is -2.41. The summed E-state index contributed by atoms with van der Waals surface area (Å²) in [5.41, 5.74) is 3.52. The number of hydrogen-bond donors (Lipinski definition) is 1. The number of hydrogen-bond acceptors (Lipinski definition) is 7. The van der Waals surface area contributed by atoms with Gasteiger partial charge >= 0.3 is 0 Å². The summed E-state index contributed by atoms with van der Waals surface area (Å²) in [6.45, 7) is 8.48. The van der Waals surface area contributed by atoms with E-state index in [2.05, 4.69) is 30.1 Å². The number of fused-ring (bicyclic) bond motifs is 2. The van der Waals surface area contributed by atoms with Crippen LogP contribution < -0.4 is 5.32 Å². The first-order chi connectivity index (χ1) is 18.1. The molecule has 4 rings (SSSR count). The van der Waals surface area contributed by atoms with Gasteiger partial charge in [-0.15, -0.1) is 0 Å². The van der Waals surface area contributed by atoms with E-state index >= 15 is 0 Å². The molecule has 3 aromatic heterocycles. The molecule has 0 fully saturated rings. The minimum absolute atomic E-state index is 0.271. The Balaban J connectivity index is 1.73. The fourth-order valence-electron chi connectivity index (χ4n) is 4.19. The van der Waals surface area contributed by atoms with Crippen molar-refractivity contribution in [3.63, 3.8) is 0 Å². The molecule has 4 aromatic rings. The first-order valence-electron chi connectivity index (χ1n) is 12.5. The zero-order valence-electron chi connectivity index (χ0n) is 22.7. The molecule has 0 spiro atoms. The van der Waals surface area contributed by atoms with Crippen molar-refractivity contribution >= 4 is 47.6 Å². The first-order valence-corrected chi connectivity index (χ1v) is 16.5. The van der Waals surface area contributed by atoms with Gasteiger partial charge < -0.3 is 24.1 Å². The van der Waals surface area contributed by atoms with E-state index in [1.54, 1.807) is 31.3 Å². The Bertz CT molecular complexity index is 1420. The summed E-state index contributed by atoms with van der Waals surface area (Å²) in [5, 5.41) is 9.17. The molecule has 204 valence electrons. The third-order valence-corrected chi connectivity index (χ3v) is 8.10. The third-order valence-electron chi connectivity index (χ3n) is 6.16. The summed E-state index contributed by atoms with van der Waals surface area (Å²) < 4.78 is 20.0. The standard InChI is InChI=1S/C26H35ClN6O4Si/c1-32-22-11-17(27)7-8-19(22)23(31-32)21-12-28-25-24(30-21)20(26(34)29-18(14-35-2)15-36-3)13-33(25)16-37-9-10-38(4,5)6/h7-8,11-13,18H,9-10,14-16H2,1-6H3,(H,29,34). The normalized spacial score (nSPS) is 12.2. The third kappa shape index (κ3) is 6.41. The van der Waals surface area contributed by atoms with Gasteiger partial charge in [0, 0.05) is 52.6 Å². The van der Waals surface area contributed by atoms with Crippen LogP contribution in [0.15, 0.2) is 30.6 Å². The highest BCUT2D eigenvalue weighted by atomic mass is 35.5. The van der Waals surface area contributed by atoms with Gasteiger partial charge in [0.2, 0.25) is 0 Å². The molecule has 0 aliphatic carbocycles. The van der Waals surface area contributed by atoms with Crippen LogP contribution in [0.3, 0.4) is 0 Å². The van der Waals surface area contributed by atoms with Crippen molar-refractivity contribution in [2.45, 2.75) is 38.5 Å². The molecule has 0 atom stereocenters. The monoisotopic (exact) mass is 558 g/mol. The second kappa shape index (κ2) is 11.9. The second-order valence-corrected chi connectivity index (χ2v) is 16.6. The first kappa shape index (κ1) is 28.2. The van der Waals surface area contributed by atoms with Crippen molar-refractivity contribution in [3.05, 3.63) is 41.2 Å². The van der Waals surface area contributed by atoms with E-state index in [9.17, 15) is 4.79 Å². The fourth-order valence-corrected chi connectivity index (χ4v) is 5.11. The van der Waals surface area contributed by atoms with Crippen LogP contribution in [-0.2, 0) is 28.0 Å². The number of rotatable bonds is 12. The highest BCUT2D eigenvalue weighted by molar-refractivity contribution is 6.76. The summed E-state index contributed by atoms with van der Waals surface area (Å²) in [5.74, 6) is -0.293. The molecule has 10 nitrogen and oxygen atoms in total. The molecule has 0 saturated heterocycles. The number of benzene rings is 1. The number of aryl methyl sites for hydroxylation is 1. The lowest BCUT2D eigenvalue weighted by atomic mass is 10.1. The van der Waals surface area contributed by atoms with Crippen molar-refractivity contribution in [3.8, 4) is 11.4 Å². The molecule has 0 aliphatic rings. The Hall–Kier alpha value is -2.83. The van der Waals surface area contributed by atoms with Crippen LogP contribution in [0.5, 0.6) is 0 Å². The highest BCUT2D eigenvalue weighted by Crippen LogP contribution is 2.30. The smallest absolute Gasteiger partial charge is 0.255 e. The minimum Gasteiger partial charge on any atom is -0.382 e. The van der Waals surface area contributed by atoms with Gasteiger partial charge in [-0.25, -0.2) is 9.97 Å². The predicted octanol–water partition coefficient (Wildman–Crippen LogP) is 4.34. The molecule has 0 radical (unpaired) electrons. The second-order valence-electron chi connectivity index (χ2n) is 10.5. The van der Waals surface area contributed by atoms with Gasteiger partial charge in [-0.3, -0.25) is 9.48 Å². The molecule has 0 saturated carbocycles. The topological polar surface area (TPSA) is 105 Å². The number of ether oxygens (including phenoxy) is 3. The van der Waals surface area contributed by atoms with E-state index in [1.807, 2.05) is 29.8 Å². The average molecular weight is 559 g/mol. The Morgan fingerprint density at radius 3 is 2.61 bits per heavy atom. The van der Waals surface area contributed by atoms with Crippen LogP contribution in [0.1, 0.15) is 10.4 Å². The predicted molar refractivity (Wildman–Crippen MR) is 151 cm³/mol. The van der Waals surface area contributed by atoms with E-state index in [1.165, 1.54) is 0 Å². The number of carbonyl (C=O) groups is 1. The number of halogens is 1.